The highest BCUT2D eigenvalue weighted by Crippen LogP contribution is 2.37. The Morgan fingerprint density at radius 1 is 1.60 bits per heavy atom. The summed E-state index contributed by atoms with van der Waals surface area (Å²) in [5.74, 6) is 0. The largest absolute Gasteiger partial charge is 0.327 e. The molecule has 1 rings (SSSR count). The van der Waals surface area contributed by atoms with Crippen LogP contribution in [0.5, 0.6) is 0 Å². The van der Waals surface area contributed by atoms with Gasteiger partial charge in [0.25, 0.3) is 0 Å². The maximum absolute atomic E-state index is 6.20. The van der Waals surface area contributed by atoms with Gasteiger partial charge in [0.1, 0.15) is 0 Å². The standard InChI is InChI=1S/C13H26N2/c1-5-15(9-11(2)3)10-13(4)8-6-7-12(13)14/h12H,2,5-10,14H2,1,3-4H3. The Bertz CT molecular complexity index is 225. The van der Waals surface area contributed by atoms with Gasteiger partial charge in [0, 0.05) is 19.1 Å². The van der Waals surface area contributed by atoms with E-state index in [1.165, 1.54) is 24.8 Å². The summed E-state index contributed by atoms with van der Waals surface area (Å²) < 4.78 is 0. The molecule has 1 fully saturated rings. The predicted molar refractivity (Wildman–Crippen MR) is 66.9 cm³/mol. The maximum atomic E-state index is 6.20. The van der Waals surface area contributed by atoms with E-state index >= 15 is 0 Å². The van der Waals surface area contributed by atoms with E-state index in [1.54, 1.807) is 0 Å². The Morgan fingerprint density at radius 2 is 2.27 bits per heavy atom. The quantitative estimate of drug-likeness (QED) is 0.706. The van der Waals surface area contributed by atoms with E-state index in [4.69, 9.17) is 5.73 Å². The van der Waals surface area contributed by atoms with Gasteiger partial charge < -0.3 is 5.73 Å². The molecule has 0 radical (unpaired) electrons. The van der Waals surface area contributed by atoms with E-state index in [1.807, 2.05) is 0 Å². The van der Waals surface area contributed by atoms with Crippen molar-refractivity contribution in [3.8, 4) is 0 Å². The SMILES string of the molecule is C=C(C)CN(CC)CC1(C)CCCC1N. The van der Waals surface area contributed by atoms with Crippen LogP contribution in [0.15, 0.2) is 12.2 Å². The lowest BCUT2D eigenvalue weighted by molar-refractivity contribution is 0.168. The monoisotopic (exact) mass is 210 g/mol. The molecule has 15 heavy (non-hydrogen) atoms. The zero-order valence-electron chi connectivity index (χ0n) is 10.6. The summed E-state index contributed by atoms with van der Waals surface area (Å²) in [4.78, 5) is 2.47. The van der Waals surface area contributed by atoms with Crippen LogP contribution < -0.4 is 5.73 Å². The molecule has 0 saturated heterocycles. The molecule has 0 heterocycles. The maximum Gasteiger partial charge on any atom is 0.0187 e. The summed E-state index contributed by atoms with van der Waals surface area (Å²) >= 11 is 0. The number of hydrogen-bond acceptors (Lipinski definition) is 2. The number of hydrogen-bond donors (Lipinski definition) is 1. The molecular formula is C13H26N2. The highest BCUT2D eigenvalue weighted by atomic mass is 15.1. The average molecular weight is 210 g/mol. The fourth-order valence-corrected chi connectivity index (χ4v) is 2.63. The van der Waals surface area contributed by atoms with Gasteiger partial charge in [0.05, 0.1) is 0 Å². The molecule has 1 saturated carbocycles. The molecule has 2 heteroatoms. The van der Waals surface area contributed by atoms with Gasteiger partial charge in [-0.15, -0.1) is 0 Å². The van der Waals surface area contributed by atoms with E-state index in [2.05, 4.69) is 32.3 Å². The minimum Gasteiger partial charge on any atom is -0.327 e. The molecule has 0 amide bonds. The summed E-state index contributed by atoms with van der Waals surface area (Å²) in [6.45, 7) is 13.9. The summed E-state index contributed by atoms with van der Waals surface area (Å²) in [5.41, 5.74) is 7.77. The summed E-state index contributed by atoms with van der Waals surface area (Å²) in [6, 6.07) is 0.386. The van der Waals surface area contributed by atoms with Crippen LogP contribution in [0.2, 0.25) is 0 Å². The third kappa shape index (κ3) is 3.32. The Morgan fingerprint density at radius 3 is 2.67 bits per heavy atom. The van der Waals surface area contributed by atoms with Crippen molar-refractivity contribution in [3.05, 3.63) is 12.2 Å². The molecule has 0 aromatic carbocycles. The summed E-state index contributed by atoms with van der Waals surface area (Å²) in [6.07, 6.45) is 3.77. The smallest absolute Gasteiger partial charge is 0.0187 e. The Hall–Kier alpha value is -0.340. The van der Waals surface area contributed by atoms with E-state index < -0.39 is 0 Å². The number of likely N-dealkylation sites (N-methyl/N-ethyl adjacent to an activating group) is 1. The average Bonchev–Trinajstić information content (AvgIpc) is 2.45. The van der Waals surface area contributed by atoms with Gasteiger partial charge >= 0.3 is 0 Å². The van der Waals surface area contributed by atoms with Crippen LogP contribution in [0, 0.1) is 5.41 Å². The normalized spacial score (nSPS) is 31.1. The van der Waals surface area contributed by atoms with Crippen LogP contribution in [0.4, 0.5) is 0 Å². The molecule has 0 aliphatic heterocycles. The third-order valence-corrected chi connectivity index (χ3v) is 3.68. The van der Waals surface area contributed by atoms with E-state index in [0.717, 1.165) is 19.6 Å². The van der Waals surface area contributed by atoms with Crippen molar-refractivity contribution in [2.75, 3.05) is 19.6 Å². The van der Waals surface area contributed by atoms with Gasteiger partial charge in [-0.3, -0.25) is 4.90 Å². The number of nitrogens with two attached hydrogens (primary N) is 1. The van der Waals surface area contributed by atoms with Crippen molar-refractivity contribution in [3.63, 3.8) is 0 Å². The molecule has 2 N–H and O–H groups in total. The van der Waals surface area contributed by atoms with Gasteiger partial charge in [-0.1, -0.05) is 32.4 Å². The van der Waals surface area contributed by atoms with Crippen LogP contribution in [0.1, 0.15) is 40.0 Å². The van der Waals surface area contributed by atoms with E-state index in [9.17, 15) is 0 Å². The second-order valence-corrected chi connectivity index (χ2v) is 5.41. The van der Waals surface area contributed by atoms with Gasteiger partial charge in [-0.2, -0.15) is 0 Å². The molecule has 0 aromatic heterocycles. The van der Waals surface area contributed by atoms with Crippen molar-refractivity contribution in [2.45, 2.75) is 46.1 Å². The van der Waals surface area contributed by atoms with Gasteiger partial charge in [-0.25, -0.2) is 0 Å². The van der Waals surface area contributed by atoms with Crippen molar-refractivity contribution >= 4 is 0 Å². The summed E-state index contributed by atoms with van der Waals surface area (Å²) in [7, 11) is 0. The Balaban J connectivity index is 2.53. The van der Waals surface area contributed by atoms with Gasteiger partial charge in [0.15, 0.2) is 0 Å². The van der Waals surface area contributed by atoms with Crippen molar-refractivity contribution < 1.29 is 0 Å². The lowest BCUT2D eigenvalue weighted by atomic mass is 9.84. The lowest BCUT2D eigenvalue weighted by Gasteiger charge is -2.35. The zero-order chi connectivity index (χ0) is 11.5. The molecule has 0 aromatic rings. The van der Waals surface area contributed by atoms with Crippen LogP contribution in [0.3, 0.4) is 0 Å². The molecule has 1 aliphatic rings. The summed E-state index contributed by atoms with van der Waals surface area (Å²) in [5, 5.41) is 0. The second kappa shape index (κ2) is 5.13. The minimum absolute atomic E-state index is 0.325. The lowest BCUT2D eigenvalue weighted by Crippen LogP contribution is -2.44. The van der Waals surface area contributed by atoms with Gasteiger partial charge in [-0.05, 0) is 31.7 Å². The fraction of sp³-hybridized carbons (Fsp3) is 0.846. The van der Waals surface area contributed by atoms with Crippen LogP contribution in [-0.4, -0.2) is 30.6 Å². The van der Waals surface area contributed by atoms with E-state index in [-0.39, 0.29) is 0 Å². The van der Waals surface area contributed by atoms with Crippen LogP contribution in [-0.2, 0) is 0 Å². The first-order valence-electron chi connectivity index (χ1n) is 6.10. The van der Waals surface area contributed by atoms with E-state index in [0.29, 0.717) is 11.5 Å². The van der Waals surface area contributed by atoms with Crippen molar-refractivity contribution in [1.82, 2.24) is 4.90 Å². The molecule has 0 bridgehead atoms. The number of rotatable bonds is 5. The van der Waals surface area contributed by atoms with Gasteiger partial charge in [0.2, 0.25) is 0 Å². The topological polar surface area (TPSA) is 29.3 Å². The first kappa shape index (κ1) is 12.7. The number of nitrogens with zero attached hydrogens (tertiary/aromatic N) is 1. The van der Waals surface area contributed by atoms with Crippen molar-refractivity contribution in [2.24, 2.45) is 11.1 Å². The molecule has 0 spiro atoms. The predicted octanol–water partition coefficient (Wildman–Crippen LogP) is 2.40. The third-order valence-electron chi connectivity index (χ3n) is 3.68. The molecular weight excluding hydrogens is 184 g/mol. The molecule has 2 atom stereocenters. The molecule has 2 unspecified atom stereocenters. The second-order valence-electron chi connectivity index (χ2n) is 5.41. The fourth-order valence-electron chi connectivity index (χ4n) is 2.63. The Kier molecular flexibility index (Phi) is 4.35. The Labute approximate surface area is 94.5 Å². The molecule has 1 aliphatic carbocycles. The van der Waals surface area contributed by atoms with Crippen molar-refractivity contribution in [1.29, 1.82) is 0 Å². The minimum atomic E-state index is 0.325. The van der Waals surface area contributed by atoms with Crippen LogP contribution in [0.25, 0.3) is 0 Å². The zero-order valence-corrected chi connectivity index (χ0v) is 10.6. The highest BCUT2D eigenvalue weighted by Gasteiger charge is 2.37. The first-order chi connectivity index (χ1) is 6.98. The molecule has 88 valence electrons. The first-order valence-corrected chi connectivity index (χ1v) is 6.10. The van der Waals surface area contributed by atoms with Crippen LogP contribution >= 0.6 is 0 Å². The molecule has 2 nitrogen and oxygen atoms in total. The highest BCUT2D eigenvalue weighted by molar-refractivity contribution is 4.97.